The molecule has 158 valence electrons. The molecule has 4 rings (SSSR count). The van der Waals surface area contributed by atoms with Gasteiger partial charge in [-0.1, -0.05) is 28.1 Å². The van der Waals surface area contributed by atoms with Crippen LogP contribution in [0.1, 0.15) is 17.5 Å². The molecule has 3 aromatic rings. The van der Waals surface area contributed by atoms with Crippen molar-refractivity contribution in [3.63, 3.8) is 0 Å². The molecule has 31 heavy (non-hydrogen) atoms. The van der Waals surface area contributed by atoms with E-state index in [1.807, 2.05) is 56.3 Å². The Bertz CT molecular complexity index is 1110. The molecule has 6 heteroatoms. The number of ether oxygens (including phenoxy) is 1. The third kappa shape index (κ3) is 4.80. The molecule has 1 fully saturated rings. The first kappa shape index (κ1) is 21.1. The van der Waals surface area contributed by atoms with Gasteiger partial charge in [-0.3, -0.25) is 9.59 Å². The Hall–Kier alpha value is -3.12. The van der Waals surface area contributed by atoms with Crippen molar-refractivity contribution in [1.82, 2.24) is 0 Å². The van der Waals surface area contributed by atoms with Gasteiger partial charge in [0.2, 0.25) is 11.8 Å². The van der Waals surface area contributed by atoms with E-state index in [9.17, 15) is 9.59 Å². The molecule has 0 aromatic heterocycles. The van der Waals surface area contributed by atoms with Crippen LogP contribution in [0.3, 0.4) is 0 Å². The molecule has 0 radical (unpaired) electrons. The fraction of sp³-hybridized carbons (Fsp3) is 0.200. The summed E-state index contributed by atoms with van der Waals surface area (Å²) < 4.78 is 6.79. The first-order valence-corrected chi connectivity index (χ1v) is 10.9. The Morgan fingerprint density at radius 1 is 1.00 bits per heavy atom. The van der Waals surface area contributed by atoms with Crippen molar-refractivity contribution in [2.24, 2.45) is 5.92 Å². The van der Waals surface area contributed by atoms with E-state index in [1.165, 1.54) is 0 Å². The lowest BCUT2D eigenvalue weighted by Crippen LogP contribution is -2.28. The number of carbonyl (C=O) groups excluding carboxylic acids is 2. The van der Waals surface area contributed by atoms with Gasteiger partial charge in [-0.25, -0.2) is 0 Å². The normalized spacial score (nSPS) is 15.8. The van der Waals surface area contributed by atoms with E-state index in [4.69, 9.17) is 4.74 Å². The lowest BCUT2D eigenvalue weighted by molar-refractivity contribution is -0.122. The second-order valence-electron chi connectivity index (χ2n) is 7.69. The van der Waals surface area contributed by atoms with Gasteiger partial charge in [-0.2, -0.15) is 0 Å². The minimum absolute atomic E-state index is 0.0212. The number of amides is 2. The Balaban J connectivity index is 1.38. The van der Waals surface area contributed by atoms with E-state index in [-0.39, 0.29) is 24.2 Å². The first-order valence-electron chi connectivity index (χ1n) is 10.1. The monoisotopic (exact) mass is 478 g/mol. The van der Waals surface area contributed by atoms with Crippen LogP contribution >= 0.6 is 15.9 Å². The van der Waals surface area contributed by atoms with Crippen LogP contribution in [0.15, 0.2) is 71.2 Å². The van der Waals surface area contributed by atoms with Gasteiger partial charge in [-0.05, 0) is 79.6 Å². The van der Waals surface area contributed by atoms with Crippen molar-refractivity contribution in [2.45, 2.75) is 20.3 Å². The van der Waals surface area contributed by atoms with Crippen molar-refractivity contribution in [2.75, 3.05) is 16.8 Å². The Labute approximate surface area is 190 Å². The summed E-state index contributed by atoms with van der Waals surface area (Å²) in [7, 11) is 0. The number of benzene rings is 3. The van der Waals surface area contributed by atoms with Gasteiger partial charge in [-0.15, -0.1) is 0 Å². The molecule has 5 nitrogen and oxygen atoms in total. The maximum Gasteiger partial charge on any atom is 0.229 e. The van der Waals surface area contributed by atoms with Crippen molar-refractivity contribution in [3.8, 4) is 11.5 Å². The maximum atomic E-state index is 12.8. The van der Waals surface area contributed by atoms with E-state index >= 15 is 0 Å². The van der Waals surface area contributed by atoms with Gasteiger partial charge >= 0.3 is 0 Å². The first-order chi connectivity index (χ1) is 14.9. The topological polar surface area (TPSA) is 58.6 Å². The smallest absolute Gasteiger partial charge is 0.229 e. The van der Waals surface area contributed by atoms with Gasteiger partial charge < -0.3 is 15.0 Å². The van der Waals surface area contributed by atoms with Crippen molar-refractivity contribution < 1.29 is 14.3 Å². The molecule has 0 spiro atoms. The number of rotatable bonds is 5. The minimum Gasteiger partial charge on any atom is -0.457 e. The van der Waals surface area contributed by atoms with E-state index in [2.05, 4.69) is 21.2 Å². The Morgan fingerprint density at radius 2 is 1.65 bits per heavy atom. The van der Waals surface area contributed by atoms with E-state index < -0.39 is 0 Å². The molecule has 2 amide bonds. The molecule has 1 aliphatic rings. The number of nitrogens with one attached hydrogen (secondary N) is 1. The highest BCUT2D eigenvalue weighted by Gasteiger charge is 2.35. The summed E-state index contributed by atoms with van der Waals surface area (Å²) in [5, 5.41) is 2.92. The zero-order chi connectivity index (χ0) is 22.0. The minimum atomic E-state index is -0.383. The molecule has 1 heterocycles. The third-order valence-electron chi connectivity index (χ3n) is 5.53. The Morgan fingerprint density at radius 3 is 2.32 bits per heavy atom. The van der Waals surface area contributed by atoms with Gasteiger partial charge in [0.1, 0.15) is 11.5 Å². The summed E-state index contributed by atoms with van der Waals surface area (Å²) in [5.41, 5.74) is 3.75. The molecule has 1 N–H and O–H groups in total. The summed E-state index contributed by atoms with van der Waals surface area (Å²) in [4.78, 5) is 27.1. The second-order valence-corrected chi connectivity index (χ2v) is 8.61. The largest absolute Gasteiger partial charge is 0.457 e. The zero-order valence-corrected chi connectivity index (χ0v) is 19.0. The summed E-state index contributed by atoms with van der Waals surface area (Å²) >= 11 is 3.40. The van der Waals surface area contributed by atoms with Crippen LogP contribution in [0.2, 0.25) is 0 Å². The molecule has 3 aromatic carbocycles. The average molecular weight is 479 g/mol. The van der Waals surface area contributed by atoms with E-state index in [0.717, 1.165) is 27.0 Å². The number of hydrogen-bond acceptors (Lipinski definition) is 3. The highest BCUT2D eigenvalue weighted by Crippen LogP contribution is 2.30. The number of carbonyl (C=O) groups is 2. The third-order valence-corrected chi connectivity index (χ3v) is 6.06. The molecule has 1 atom stereocenters. The summed E-state index contributed by atoms with van der Waals surface area (Å²) in [6.45, 7) is 4.41. The average Bonchev–Trinajstić information content (AvgIpc) is 3.15. The van der Waals surface area contributed by atoms with Crippen LogP contribution in [0, 0.1) is 19.8 Å². The Kier molecular flexibility index (Phi) is 6.09. The fourth-order valence-corrected chi connectivity index (χ4v) is 3.90. The number of hydrogen-bond donors (Lipinski definition) is 1. The molecule has 1 saturated heterocycles. The molecule has 0 aliphatic carbocycles. The molecule has 0 bridgehead atoms. The SMILES string of the molecule is Cc1cccc(N2C[C@@H](C(=O)Nc3ccc(Oc4ccc(Br)cc4)cc3)CC2=O)c1C. The second kappa shape index (κ2) is 8.94. The number of aryl methyl sites for hydroxylation is 1. The standard InChI is InChI=1S/C25H23BrN2O3/c1-16-4-3-5-23(17(16)2)28-15-18(14-24(28)29)25(30)27-20-8-12-22(13-9-20)31-21-10-6-19(26)7-11-21/h3-13,18H,14-15H2,1-2H3,(H,27,30)/t18-/m0/s1. The molecule has 0 unspecified atom stereocenters. The summed E-state index contributed by atoms with van der Waals surface area (Å²) in [6.07, 6.45) is 0.212. The molecular formula is C25H23BrN2O3. The van der Waals surface area contributed by atoms with Crippen LogP contribution in [-0.2, 0) is 9.59 Å². The van der Waals surface area contributed by atoms with Gasteiger partial charge in [0.05, 0.1) is 5.92 Å². The van der Waals surface area contributed by atoms with E-state index in [0.29, 0.717) is 18.0 Å². The molecule has 0 saturated carbocycles. The number of anilines is 2. The fourth-order valence-electron chi connectivity index (χ4n) is 3.63. The maximum absolute atomic E-state index is 12.8. The van der Waals surface area contributed by atoms with Crippen molar-refractivity contribution >= 4 is 39.1 Å². The van der Waals surface area contributed by atoms with Crippen LogP contribution in [-0.4, -0.2) is 18.4 Å². The quantitative estimate of drug-likeness (QED) is 0.500. The summed E-state index contributed by atoms with van der Waals surface area (Å²) in [6, 6.07) is 20.7. The summed E-state index contributed by atoms with van der Waals surface area (Å²) in [5.74, 6) is 0.856. The lowest BCUT2D eigenvalue weighted by Gasteiger charge is -2.20. The van der Waals surface area contributed by atoms with Crippen LogP contribution in [0.5, 0.6) is 11.5 Å². The number of nitrogens with zero attached hydrogens (tertiary/aromatic N) is 1. The van der Waals surface area contributed by atoms with Gasteiger partial charge in [0.25, 0.3) is 0 Å². The highest BCUT2D eigenvalue weighted by molar-refractivity contribution is 9.10. The van der Waals surface area contributed by atoms with Gasteiger partial charge in [0.15, 0.2) is 0 Å². The van der Waals surface area contributed by atoms with E-state index in [1.54, 1.807) is 29.2 Å². The zero-order valence-electron chi connectivity index (χ0n) is 17.4. The molecule has 1 aliphatic heterocycles. The number of halogens is 1. The van der Waals surface area contributed by atoms with Crippen LogP contribution in [0.4, 0.5) is 11.4 Å². The van der Waals surface area contributed by atoms with Crippen molar-refractivity contribution in [1.29, 1.82) is 0 Å². The van der Waals surface area contributed by atoms with Crippen molar-refractivity contribution in [3.05, 3.63) is 82.3 Å². The van der Waals surface area contributed by atoms with Crippen LogP contribution < -0.4 is 15.0 Å². The van der Waals surface area contributed by atoms with Crippen LogP contribution in [0.25, 0.3) is 0 Å². The highest BCUT2D eigenvalue weighted by atomic mass is 79.9. The predicted molar refractivity (Wildman–Crippen MR) is 126 cm³/mol. The predicted octanol–water partition coefficient (Wildman–Crippen LogP) is 5.85. The van der Waals surface area contributed by atoms with Gasteiger partial charge in [0, 0.05) is 28.8 Å². The lowest BCUT2D eigenvalue weighted by atomic mass is 10.1. The molecular weight excluding hydrogens is 456 g/mol.